The van der Waals surface area contributed by atoms with Crippen molar-refractivity contribution in [3.05, 3.63) is 53.6 Å². The number of benzene rings is 3. The molecule has 0 aliphatic rings. The van der Waals surface area contributed by atoms with Crippen LogP contribution in [0.3, 0.4) is 0 Å². The summed E-state index contributed by atoms with van der Waals surface area (Å²) in [5, 5.41) is 22.6. The molecule has 148 valence electrons. The van der Waals surface area contributed by atoms with Crippen LogP contribution in [0.4, 0.5) is 17.1 Å². The number of nitrogens with zero attached hydrogens (tertiary/aromatic N) is 2. The Morgan fingerprint density at radius 1 is 1.04 bits per heavy atom. The average Bonchev–Trinajstić information content (AvgIpc) is 2.60. The van der Waals surface area contributed by atoms with Gasteiger partial charge in [-0.25, -0.2) is 0 Å². The molecular weight excluding hydrogens is 378 g/mol. The maximum atomic E-state index is 11.9. The van der Waals surface area contributed by atoms with Crippen LogP contribution in [-0.2, 0) is 10.1 Å². The Kier molecular flexibility index (Phi) is 6.06. The molecule has 0 aliphatic carbocycles. The van der Waals surface area contributed by atoms with E-state index in [1.807, 2.05) is 32.0 Å². The summed E-state index contributed by atoms with van der Waals surface area (Å²) in [5.74, 6) is -0.373. The van der Waals surface area contributed by atoms with Crippen LogP contribution in [-0.4, -0.2) is 25.1 Å². The highest BCUT2D eigenvalue weighted by Gasteiger charge is 2.23. The first-order valence-electron chi connectivity index (χ1n) is 8.15. The van der Waals surface area contributed by atoms with Crippen LogP contribution >= 0.6 is 0 Å². The van der Waals surface area contributed by atoms with E-state index >= 15 is 0 Å². The minimum Gasteiger partial charge on any atom is -0.505 e. The van der Waals surface area contributed by atoms with Gasteiger partial charge in [-0.2, -0.15) is 13.5 Å². The molecule has 0 heterocycles. The summed E-state index contributed by atoms with van der Waals surface area (Å²) in [6.45, 7) is 3.68. The van der Waals surface area contributed by atoms with Crippen molar-refractivity contribution in [2.45, 2.75) is 26.2 Å². The quantitative estimate of drug-likeness (QED) is 0.395. The van der Waals surface area contributed by atoms with E-state index in [9.17, 15) is 18.1 Å². The van der Waals surface area contributed by atoms with E-state index in [0.29, 0.717) is 22.1 Å². The van der Waals surface area contributed by atoms with E-state index in [0.717, 1.165) is 11.1 Å². The van der Waals surface area contributed by atoms with Crippen molar-refractivity contribution in [3.8, 4) is 5.75 Å². The second kappa shape index (κ2) is 7.95. The van der Waals surface area contributed by atoms with Crippen LogP contribution in [0.15, 0.2) is 57.6 Å². The van der Waals surface area contributed by atoms with E-state index in [2.05, 4.69) is 15.5 Å². The van der Waals surface area contributed by atoms with Gasteiger partial charge in [0.25, 0.3) is 10.1 Å². The Bertz CT molecular complexity index is 1170. The number of phenolic OH excluding ortho intramolecular Hbond substituents is 1. The largest absolute Gasteiger partial charge is 0.505 e. The van der Waals surface area contributed by atoms with Crippen LogP contribution < -0.4 is 5.32 Å². The van der Waals surface area contributed by atoms with Gasteiger partial charge in [-0.05, 0) is 48.6 Å². The third-order valence-electron chi connectivity index (χ3n) is 4.21. The summed E-state index contributed by atoms with van der Waals surface area (Å²) in [5.41, 5.74) is 2.52. The summed E-state index contributed by atoms with van der Waals surface area (Å²) >= 11 is 0. The molecular formula is C20H23N3O4S. The maximum absolute atomic E-state index is 11.9. The molecule has 0 amide bonds. The zero-order valence-corrected chi connectivity index (χ0v) is 15.9. The minimum absolute atomic E-state index is 0. The topological polar surface area (TPSA) is 111 Å². The van der Waals surface area contributed by atoms with Gasteiger partial charge >= 0.3 is 0 Å². The Morgan fingerprint density at radius 2 is 1.71 bits per heavy atom. The second-order valence-electron chi connectivity index (χ2n) is 6.19. The van der Waals surface area contributed by atoms with Gasteiger partial charge in [-0.15, -0.1) is 5.11 Å². The number of fused-ring (bicyclic) bond motifs is 1. The van der Waals surface area contributed by atoms with Crippen LogP contribution in [0.1, 0.15) is 18.6 Å². The Balaban J connectivity index is 0.00000280. The number of aromatic hydroxyl groups is 1. The van der Waals surface area contributed by atoms with E-state index in [1.54, 1.807) is 25.2 Å². The first-order valence-corrected chi connectivity index (χ1v) is 9.59. The first-order chi connectivity index (χ1) is 12.7. The van der Waals surface area contributed by atoms with Gasteiger partial charge in [-0.1, -0.05) is 31.7 Å². The fourth-order valence-electron chi connectivity index (χ4n) is 2.91. The normalized spacial score (nSPS) is 11.6. The number of phenols is 1. The van der Waals surface area contributed by atoms with Crippen molar-refractivity contribution in [1.29, 1.82) is 0 Å². The van der Waals surface area contributed by atoms with Gasteiger partial charge in [0.05, 0.1) is 5.69 Å². The molecule has 3 rings (SSSR count). The lowest BCUT2D eigenvalue weighted by molar-refractivity contribution is 0.472. The Hall–Kier alpha value is -2.97. The molecule has 28 heavy (non-hydrogen) atoms. The van der Waals surface area contributed by atoms with Crippen LogP contribution in [0, 0.1) is 13.8 Å². The van der Waals surface area contributed by atoms with Gasteiger partial charge in [0.2, 0.25) is 0 Å². The van der Waals surface area contributed by atoms with Crippen molar-refractivity contribution in [3.63, 3.8) is 0 Å². The second-order valence-corrected chi connectivity index (χ2v) is 7.58. The summed E-state index contributed by atoms with van der Waals surface area (Å²) < 4.78 is 33.4. The number of hydrogen-bond donors (Lipinski definition) is 3. The highest BCUT2D eigenvalue weighted by molar-refractivity contribution is 7.86. The molecule has 3 N–H and O–H groups in total. The molecule has 0 bridgehead atoms. The standard InChI is InChI=1S/C19H19N3O4S.CH4/c1-11-8-13-10-16(27(24,25)26)18(19(23)17(13)15(9-11)20-3)22-21-14-7-5-4-6-12(14)2;/h4-10,20,23H,1-3H3,(H,24,25,26);1H4. The summed E-state index contributed by atoms with van der Waals surface area (Å²) in [4.78, 5) is -0.502. The molecule has 0 fully saturated rings. The van der Waals surface area contributed by atoms with Gasteiger partial charge in [-0.3, -0.25) is 4.55 Å². The zero-order chi connectivity index (χ0) is 19.8. The van der Waals surface area contributed by atoms with Crippen molar-refractivity contribution in [2.24, 2.45) is 10.2 Å². The fraction of sp³-hybridized carbons (Fsp3) is 0.200. The Morgan fingerprint density at radius 3 is 2.32 bits per heavy atom. The molecule has 0 aliphatic heterocycles. The zero-order valence-electron chi connectivity index (χ0n) is 15.1. The smallest absolute Gasteiger partial charge is 0.296 e. The molecule has 3 aromatic rings. The molecule has 0 atom stereocenters. The number of anilines is 1. The average molecular weight is 401 g/mol. The molecule has 0 saturated carbocycles. The highest BCUT2D eigenvalue weighted by Crippen LogP contribution is 2.44. The van der Waals surface area contributed by atoms with Gasteiger partial charge < -0.3 is 10.4 Å². The molecule has 8 heteroatoms. The summed E-state index contributed by atoms with van der Waals surface area (Å²) in [6, 6.07) is 12.0. The summed E-state index contributed by atoms with van der Waals surface area (Å²) in [6.07, 6.45) is 0. The minimum atomic E-state index is -4.63. The lowest BCUT2D eigenvalue weighted by Crippen LogP contribution is -2.00. The van der Waals surface area contributed by atoms with E-state index in [1.165, 1.54) is 6.07 Å². The Labute approximate surface area is 164 Å². The number of aryl methyl sites for hydroxylation is 2. The number of nitrogens with one attached hydrogen (secondary N) is 1. The van der Waals surface area contributed by atoms with Crippen molar-refractivity contribution in [2.75, 3.05) is 12.4 Å². The molecule has 0 radical (unpaired) electrons. The van der Waals surface area contributed by atoms with Gasteiger partial charge in [0.15, 0.2) is 5.75 Å². The fourth-order valence-corrected chi connectivity index (χ4v) is 3.56. The molecule has 3 aromatic carbocycles. The molecule has 0 saturated heterocycles. The van der Waals surface area contributed by atoms with Crippen LogP contribution in [0.5, 0.6) is 5.75 Å². The van der Waals surface area contributed by atoms with E-state index < -0.39 is 15.0 Å². The molecule has 0 aromatic heterocycles. The van der Waals surface area contributed by atoms with E-state index in [-0.39, 0.29) is 18.9 Å². The summed E-state index contributed by atoms with van der Waals surface area (Å²) in [7, 11) is -2.94. The third kappa shape index (κ3) is 3.97. The maximum Gasteiger partial charge on any atom is 0.296 e. The number of hydrogen-bond acceptors (Lipinski definition) is 6. The lowest BCUT2D eigenvalue weighted by atomic mass is 10.0. The van der Waals surface area contributed by atoms with E-state index in [4.69, 9.17) is 0 Å². The lowest BCUT2D eigenvalue weighted by Gasteiger charge is -2.13. The molecule has 0 unspecified atom stereocenters. The van der Waals surface area contributed by atoms with Crippen LogP contribution in [0.2, 0.25) is 0 Å². The van der Waals surface area contributed by atoms with Gasteiger partial charge in [0.1, 0.15) is 10.6 Å². The predicted octanol–water partition coefficient (Wildman–Crippen LogP) is 5.50. The highest BCUT2D eigenvalue weighted by atomic mass is 32.2. The SMILES string of the molecule is C.CNc1cc(C)cc2cc(S(=O)(=O)O)c(N=Nc3ccccc3C)c(O)c12. The first kappa shape index (κ1) is 21.3. The van der Waals surface area contributed by atoms with Crippen molar-refractivity contribution >= 4 is 38.0 Å². The number of azo groups is 1. The molecule has 7 nitrogen and oxygen atoms in total. The van der Waals surface area contributed by atoms with Crippen molar-refractivity contribution in [1.82, 2.24) is 0 Å². The van der Waals surface area contributed by atoms with Crippen LogP contribution in [0.25, 0.3) is 10.8 Å². The molecule has 0 spiro atoms. The predicted molar refractivity (Wildman–Crippen MR) is 112 cm³/mol. The van der Waals surface area contributed by atoms with Gasteiger partial charge in [0, 0.05) is 18.1 Å². The number of rotatable bonds is 4. The van der Waals surface area contributed by atoms with Crippen molar-refractivity contribution < 1.29 is 18.1 Å². The third-order valence-corrected chi connectivity index (χ3v) is 5.08. The monoisotopic (exact) mass is 401 g/mol.